The molecule has 4 rings (SSSR count). The lowest BCUT2D eigenvalue weighted by Gasteiger charge is -2.27. The first kappa shape index (κ1) is 18.1. The number of benzene rings is 2. The molecule has 1 aliphatic rings. The Morgan fingerprint density at radius 3 is 2.29 bits per heavy atom. The smallest absolute Gasteiger partial charge is 0.264 e. The van der Waals surface area contributed by atoms with Gasteiger partial charge in [0, 0.05) is 6.54 Å². The second-order valence-corrected chi connectivity index (χ2v) is 7.47. The molecule has 140 valence electrons. The van der Waals surface area contributed by atoms with Crippen molar-refractivity contribution in [1.82, 2.24) is 4.90 Å². The Hall–Kier alpha value is -3.25. The average molecular weight is 390 g/mol. The molecule has 0 aliphatic carbocycles. The van der Waals surface area contributed by atoms with Crippen molar-refractivity contribution in [3.8, 4) is 0 Å². The molecule has 2 heterocycles. The van der Waals surface area contributed by atoms with E-state index >= 15 is 0 Å². The Morgan fingerprint density at radius 1 is 0.964 bits per heavy atom. The SMILES string of the molecule is O=C1CC(N(Cc2ccccc2)C(=O)c2cccs2)C(=O)N1c1ccccc1. The lowest BCUT2D eigenvalue weighted by atomic mass is 10.1. The van der Waals surface area contributed by atoms with E-state index in [0.29, 0.717) is 10.6 Å². The third-order valence-electron chi connectivity index (χ3n) is 4.70. The summed E-state index contributed by atoms with van der Waals surface area (Å²) in [5, 5.41) is 1.83. The summed E-state index contributed by atoms with van der Waals surface area (Å²) in [6, 6.07) is 21.0. The zero-order valence-electron chi connectivity index (χ0n) is 15.0. The maximum atomic E-state index is 13.1. The fraction of sp³-hybridized carbons (Fsp3) is 0.136. The molecule has 1 unspecified atom stereocenters. The van der Waals surface area contributed by atoms with Crippen LogP contribution in [-0.4, -0.2) is 28.7 Å². The van der Waals surface area contributed by atoms with Crippen molar-refractivity contribution in [2.45, 2.75) is 19.0 Å². The molecule has 0 saturated carbocycles. The Labute approximate surface area is 166 Å². The van der Waals surface area contributed by atoms with Crippen LogP contribution in [0.3, 0.4) is 0 Å². The molecule has 1 saturated heterocycles. The number of rotatable bonds is 5. The van der Waals surface area contributed by atoms with Crippen LogP contribution in [0.15, 0.2) is 78.2 Å². The van der Waals surface area contributed by atoms with Gasteiger partial charge in [-0.2, -0.15) is 0 Å². The zero-order chi connectivity index (χ0) is 19.5. The number of amides is 3. The molecular formula is C22H18N2O3S. The van der Waals surface area contributed by atoms with Gasteiger partial charge < -0.3 is 4.90 Å². The first-order valence-electron chi connectivity index (χ1n) is 8.95. The summed E-state index contributed by atoms with van der Waals surface area (Å²) in [6.07, 6.45) is -0.0162. The van der Waals surface area contributed by atoms with Gasteiger partial charge in [-0.25, -0.2) is 4.90 Å². The third kappa shape index (κ3) is 3.46. The maximum absolute atomic E-state index is 13.1. The van der Waals surface area contributed by atoms with Gasteiger partial charge in [-0.3, -0.25) is 14.4 Å². The largest absolute Gasteiger partial charge is 0.321 e. The average Bonchev–Trinajstić information content (AvgIpc) is 3.35. The molecule has 3 aromatic rings. The van der Waals surface area contributed by atoms with Gasteiger partial charge in [0.25, 0.3) is 11.8 Å². The lowest BCUT2D eigenvalue weighted by molar-refractivity contribution is -0.122. The second kappa shape index (κ2) is 7.78. The molecule has 1 aliphatic heterocycles. The molecule has 2 aromatic carbocycles. The predicted molar refractivity (Wildman–Crippen MR) is 108 cm³/mol. The van der Waals surface area contributed by atoms with E-state index < -0.39 is 6.04 Å². The molecule has 0 bridgehead atoms. The minimum absolute atomic E-state index is 0.0162. The lowest BCUT2D eigenvalue weighted by Crippen LogP contribution is -2.44. The Bertz CT molecular complexity index is 987. The zero-order valence-corrected chi connectivity index (χ0v) is 15.8. The van der Waals surface area contributed by atoms with Gasteiger partial charge in [0.15, 0.2) is 0 Å². The maximum Gasteiger partial charge on any atom is 0.264 e. The van der Waals surface area contributed by atoms with Crippen molar-refractivity contribution < 1.29 is 14.4 Å². The Kier molecular flexibility index (Phi) is 5.04. The van der Waals surface area contributed by atoms with Gasteiger partial charge >= 0.3 is 0 Å². The van der Waals surface area contributed by atoms with Gasteiger partial charge in [-0.05, 0) is 29.1 Å². The highest BCUT2D eigenvalue weighted by Gasteiger charge is 2.44. The van der Waals surface area contributed by atoms with E-state index in [1.54, 1.807) is 36.4 Å². The van der Waals surface area contributed by atoms with Crippen LogP contribution < -0.4 is 4.90 Å². The highest BCUT2D eigenvalue weighted by atomic mass is 32.1. The highest BCUT2D eigenvalue weighted by molar-refractivity contribution is 7.12. The Morgan fingerprint density at radius 2 is 1.64 bits per heavy atom. The number of carbonyl (C=O) groups is 3. The number of hydrogen-bond acceptors (Lipinski definition) is 4. The number of nitrogens with zero attached hydrogens (tertiary/aromatic N) is 2. The number of imide groups is 1. The van der Waals surface area contributed by atoms with Crippen molar-refractivity contribution in [1.29, 1.82) is 0 Å². The topological polar surface area (TPSA) is 57.7 Å². The van der Waals surface area contributed by atoms with Crippen molar-refractivity contribution in [3.63, 3.8) is 0 Å². The molecule has 0 spiro atoms. The van der Waals surface area contributed by atoms with Gasteiger partial charge in [0.2, 0.25) is 5.91 Å². The van der Waals surface area contributed by atoms with E-state index in [2.05, 4.69) is 0 Å². The van der Waals surface area contributed by atoms with E-state index in [1.807, 2.05) is 41.8 Å². The number of thiophene rings is 1. The monoisotopic (exact) mass is 390 g/mol. The van der Waals surface area contributed by atoms with Crippen molar-refractivity contribution >= 4 is 34.7 Å². The van der Waals surface area contributed by atoms with Crippen LogP contribution in [0.25, 0.3) is 0 Å². The molecule has 0 N–H and O–H groups in total. The first-order valence-corrected chi connectivity index (χ1v) is 9.83. The van der Waals surface area contributed by atoms with Gasteiger partial charge in [0.1, 0.15) is 6.04 Å². The molecular weight excluding hydrogens is 372 g/mol. The van der Waals surface area contributed by atoms with Crippen molar-refractivity contribution in [2.75, 3.05) is 4.90 Å². The normalized spacial score (nSPS) is 16.4. The standard InChI is InChI=1S/C22H18N2O3S/c25-20-14-18(21(26)24(20)17-10-5-2-6-11-17)23(15-16-8-3-1-4-9-16)22(27)19-12-7-13-28-19/h1-13,18H,14-15H2. The number of hydrogen-bond donors (Lipinski definition) is 0. The fourth-order valence-electron chi connectivity index (χ4n) is 3.35. The summed E-state index contributed by atoms with van der Waals surface area (Å²) in [5.74, 6) is -0.893. The molecule has 6 heteroatoms. The van der Waals surface area contributed by atoms with E-state index in [-0.39, 0.29) is 30.7 Å². The second-order valence-electron chi connectivity index (χ2n) is 6.52. The van der Waals surface area contributed by atoms with Crippen molar-refractivity contribution in [3.05, 3.63) is 88.6 Å². The van der Waals surface area contributed by atoms with E-state index in [0.717, 1.165) is 5.56 Å². The number of para-hydroxylation sites is 1. The van der Waals surface area contributed by atoms with Gasteiger partial charge in [-0.1, -0.05) is 54.6 Å². The number of anilines is 1. The summed E-state index contributed by atoms with van der Waals surface area (Å²) >= 11 is 1.33. The van der Waals surface area contributed by atoms with Gasteiger partial charge in [0.05, 0.1) is 17.0 Å². The van der Waals surface area contributed by atoms with E-state index in [9.17, 15) is 14.4 Å². The third-order valence-corrected chi connectivity index (χ3v) is 5.56. The van der Waals surface area contributed by atoms with Crippen LogP contribution in [0.5, 0.6) is 0 Å². The molecule has 5 nitrogen and oxygen atoms in total. The van der Waals surface area contributed by atoms with Crippen LogP contribution in [0.4, 0.5) is 5.69 Å². The van der Waals surface area contributed by atoms with Crippen LogP contribution in [0.1, 0.15) is 21.7 Å². The molecule has 1 fully saturated rings. The molecule has 28 heavy (non-hydrogen) atoms. The number of carbonyl (C=O) groups excluding carboxylic acids is 3. The minimum Gasteiger partial charge on any atom is -0.321 e. The molecule has 0 radical (unpaired) electrons. The first-order chi connectivity index (χ1) is 13.6. The molecule has 1 aromatic heterocycles. The summed E-state index contributed by atoms with van der Waals surface area (Å²) in [4.78, 5) is 42.2. The fourth-order valence-corrected chi connectivity index (χ4v) is 4.03. The predicted octanol–water partition coefficient (Wildman–Crippen LogP) is 3.72. The summed E-state index contributed by atoms with van der Waals surface area (Å²) in [5.41, 5.74) is 1.44. The van der Waals surface area contributed by atoms with E-state index in [4.69, 9.17) is 0 Å². The van der Waals surface area contributed by atoms with Gasteiger partial charge in [-0.15, -0.1) is 11.3 Å². The van der Waals surface area contributed by atoms with E-state index in [1.165, 1.54) is 21.1 Å². The van der Waals surface area contributed by atoms with Crippen LogP contribution >= 0.6 is 11.3 Å². The van der Waals surface area contributed by atoms with Crippen LogP contribution in [0, 0.1) is 0 Å². The summed E-state index contributed by atoms with van der Waals surface area (Å²) in [6.45, 7) is 0.268. The minimum atomic E-state index is -0.817. The van der Waals surface area contributed by atoms with Crippen LogP contribution in [-0.2, 0) is 16.1 Å². The molecule has 1 atom stereocenters. The Balaban J connectivity index is 1.67. The van der Waals surface area contributed by atoms with Crippen LogP contribution in [0.2, 0.25) is 0 Å². The summed E-state index contributed by atoms with van der Waals surface area (Å²) in [7, 11) is 0. The van der Waals surface area contributed by atoms with Crippen molar-refractivity contribution in [2.24, 2.45) is 0 Å². The molecule has 3 amide bonds. The quantitative estimate of drug-likeness (QED) is 0.624. The summed E-state index contributed by atoms with van der Waals surface area (Å²) < 4.78 is 0. The highest BCUT2D eigenvalue weighted by Crippen LogP contribution is 2.28.